The summed E-state index contributed by atoms with van der Waals surface area (Å²) in [6.45, 7) is 14.1. The fourth-order valence-electron chi connectivity index (χ4n) is 10.4. The van der Waals surface area contributed by atoms with Crippen LogP contribution >= 0.6 is 15.6 Å². The molecule has 3 N–H and O–H groups in total. The average Bonchev–Trinajstić information content (AvgIpc) is 3.68. The molecule has 0 saturated heterocycles. The molecule has 0 aliphatic carbocycles. The summed E-state index contributed by atoms with van der Waals surface area (Å²) in [6.07, 6.45) is 41.5. The Balaban J connectivity index is 5.28. The van der Waals surface area contributed by atoms with E-state index in [-0.39, 0.29) is 25.7 Å². The van der Waals surface area contributed by atoms with Gasteiger partial charge in [-0.1, -0.05) is 293 Å². The molecule has 0 aromatic heterocycles. The van der Waals surface area contributed by atoms with E-state index < -0.39 is 97.5 Å². The molecule has 89 heavy (non-hydrogen) atoms. The molecule has 0 radical (unpaired) electrons. The predicted molar refractivity (Wildman–Crippen MR) is 358 cm³/mol. The molecule has 0 aliphatic rings. The van der Waals surface area contributed by atoms with Crippen molar-refractivity contribution >= 4 is 39.5 Å². The lowest BCUT2D eigenvalue weighted by atomic mass is 9.99. The smallest absolute Gasteiger partial charge is 0.462 e. The van der Waals surface area contributed by atoms with Gasteiger partial charge in [-0.05, 0) is 49.4 Å². The summed E-state index contributed by atoms with van der Waals surface area (Å²) >= 11 is 0. The van der Waals surface area contributed by atoms with Crippen molar-refractivity contribution in [2.75, 3.05) is 39.6 Å². The third-order valence-corrected chi connectivity index (χ3v) is 19.1. The van der Waals surface area contributed by atoms with Gasteiger partial charge in [0.15, 0.2) is 12.2 Å². The zero-order valence-electron chi connectivity index (χ0n) is 58.1. The van der Waals surface area contributed by atoms with E-state index in [0.717, 1.165) is 120 Å². The topological polar surface area (TPSA) is 237 Å². The number of phosphoric ester groups is 2. The molecule has 0 saturated carbocycles. The number of carbonyl (C=O) groups is 4. The summed E-state index contributed by atoms with van der Waals surface area (Å²) in [4.78, 5) is 72.6. The van der Waals surface area contributed by atoms with Crippen LogP contribution in [0.2, 0.25) is 0 Å². The van der Waals surface area contributed by atoms with Crippen molar-refractivity contribution in [3.05, 3.63) is 0 Å². The van der Waals surface area contributed by atoms with Crippen LogP contribution in [0.25, 0.3) is 0 Å². The third kappa shape index (κ3) is 60.7. The molecule has 0 aromatic rings. The number of hydrogen-bond donors (Lipinski definition) is 3. The highest BCUT2D eigenvalue weighted by Gasteiger charge is 2.30. The van der Waals surface area contributed by atoms with E-state index in [1.807, 2.05) is 0 Å². The van der Waals surface area contributed by atoms with Gasteiger partial charge in [0.25, 0.3) is 0 Å². The molecule has 0 heterocycles. The quantitative estimate of drug-likeness (QED) is 0.0222. The molecule has 528 valence electrons. The van der Waals surface area contributed by atoms with Gasteiger partial charge in [-0.3, -0.25) is 37.3 Å². The van der Waals surface area contributed by atoms with E-state index in [0.29, 0.717) is 25.7 Å². The van der Waals surface area contributed by atoms with Crippen molar-refractivity contribution in [2.45, 2.75) is 363 Å². The van der Waals surface area contributed by atoms with Crippen molar-refractivity contribution in [3.8, 4) is 0 Å². The highest BCUT2D eigenvalue weighted by atomic mass is 31.2. The van der Waals surface area contributed by atoms with Crippen molar-refractivity contribution in [1.29, 1.82) is 0 Å². The van der Waals surface area contributed by atoms with Crippen molar-refractivity contribution < 1.29 is 80.2 Å². The van der Waals surface area contributed by atoms with Gasteiger partial charge in [-0.2, -0.15) is 0 Å². The van der Waals surface area contributed by atoms with Crippen LogP contribution in [0.5, 0.6) is 0 Å². The lowest BCUT2D eigenvalue weighted by Gasteiger charge is -2.21. The molecule has 0 amide bonds. The highest BCUT2D eigenvalue weighted by Crippen LogP contribution is 2.45. The van der Waals surface area contributed by atoms with Gasteiger partial charge < -0.3 is 33.8 Å². The Kier molecular flexibility index (Phi) is 58.5. The largest absolute Gasteiger partial charge is 0.472 e. The monoisotopic (exact) mass is 1310 g/mol. The van der Waals surface area contributed by atoms with Crippen LogP contribution in [0.15, 0.2) is 0 Å². The number of aliphatic hydroxyl groups is 1. The van der Waals surface area contributed by atoms with E-state index >= 15 is 0 Å². The summed E-state index contributed by atoms with van der Waals surface area (Å²) in [5.41, 5.74) is 0. The van der Waals surface area contributed by atoms with Crippen LogP contribution in [-0.4, -0.2) is 96.7 Å². The van der Waals surface area contributed by atoms with Crippen LogP contribution < -0.4 is 0 Å². The Hall–Kier alpha value is -1.94. The normalized spacial score (nSPS) is 15.2. The van der Waals surface area contributed by atoms with Crippen LogP contribution in [0.3, 0.4) is 0 Å². The fraction of sp³-hybridized carbons (Fsp3) is 0.943. The summed E-state index contributed by atoms with van der Waals surface area (Å²) in [5, 5.41) is 10.6. The molecule has 19 heteroatoms. The lowest BCUT2D eigenvalue weighted by Crippen LogP contribution is -2.30. The van der Waals surface area contributed by atoms with Gasteiger partial charge in [0.2, 0.25) is 0 Å². The van der Waals surface area contributed by atoms with Crippen LogP contribution in [0, 0.1) is 23.7 Å². The second kappa shape index (κ2) is 59.8. The molecular weight excluding hydrogens is 1170 g/mol. The summed E-state index contributed by atoms with van der Waals surface area (Å²) in [5.74, 6) is 0.933. The zero-order valence-corrected chi connectivity index (χ0v) is 59.8. The summed E-state index contributed by atoms with van der Waals surface area (Å²) in [6, 6.07) is 0. The minimum atomic E-state index is -4.95. The first kappa shape index (κ1) is 87.1. The van der Waals surface area contributed by atoms with Crippen molar-refractivity contribution in [3.63, 3.8) is 0 Å². The maximum atomic E-state index is 13.0. The number of ether oxygens (including phenoxy) is 4. The molecule has 0 aromatic carbocycles. The Bertz CT molecular complexity index is 1770. The first-order valence-electron chi connectivity index (χ1n) is 36.3. The maximum absolute atomic E-state index is 13.0. The average molecular weight is 1310 g/mol. The zero-order chi connectivity index (χ0) is 66.1. The minimum Gasteiger partial charge on any atom is -0.462 e. The van der Waals surface area contributed by atoms with E-state index in [4.69, 9.17) is 37.0 Å². The van der Waals surface area contributed by atoms with Gasteiger partial charge in [-0.15, -0.1) is 0 Å². The molecule has 0 aliphatic heterocycles. The summed E-state index contributed by atoms with van der Waals surface area (Å²) < 4.78 is 68.3. The van der Waals surface area contributed by atoms with Crippen LogP contribution in [0.1, 0.15) is 344 Å². The second-order valence-electron chi connectivity index (χ2n) is 26.5. The van der Waals surface area contributed by atoms with Gasteiger partial charge in [0, 0.05) is 25.7 Å². The molecule has 8 atom stereocenters. The first-order chi connectivity index (χ1) is 42.7. The minimum absolute atomic E-state index is 0.104. The predicted octanol–water partition coefficient (Wildman–Crippen LogP) is 19.7. The lowest BCUT2D eigenvalue weighted by molar-refractivity contribution is -0.161. The number of unbranched alkanes of at least 4 members (excludes halogenated alkanes) is 30. The standard InChI is InChI=1S/C70H136O17P2/c1-9-61(6)47-39-31-23-17-13-15-19-27-37-45-53-70(75)86-65(56-80-67(72)50-42-34-25-21-20-24-32-40-48-62(7)10-2)58-84-88(76,77)82-54-64(71)55-83-89(78,79)85-59-66(57-81-68(73)51-43-35-29-28-33-41-49-63(8)11-3)87-69(74)52-44-36-26-18-14-12-16-22-30-38-46-60(4)5/h60-66,71H,9-59H2,1-8H3,(H,76,77)(H,78,79)/t61?,62?,63?,64-,65-,66-/m1/s1. The molecule has 0 fully saturated rings. The van der Waals surface area contributed by atoms with Gasteiger partial charge in [-0.25, -0.2) is 9.13 Å². The van der Waals surface area contributed by atoms with Crippen LogP contribution in [0.4, 0.5) is 0 Å². The molecular formula is C70H136O17P2. The molecule has 5 unspecified atom stereocenters. The van der Waals surface area contributed by atoms with E-state index in [1.165, 1.54) is 141 Å². The number of rotatable bonds is 67. The molecule has 0 spiro atoms. The Morgan fingerprint density at radius 1 is 0.315 bits per heavy atom. The van der Waals surface area contributed by atoms with Gasteiger partial charge in [0.05, 0.1) is 26.4 Å². The fourth-order valence-corrected chi connectivity index (χ4v) is 12.0. The Morgan fingerprint density at radius 3 is 0.798 bits per heavy atom. The van der Waals surface area contributed by atoms with Crippen molar-refractivity contribution in [2.24, 2.45) is 23.7 Å². The van der Waals surface area contributed by atoms with Gasteiger partial charge in [0.1, 0.15) is 19.3 Å². The van der Waals surface area contributed by atoms with E-state index in [1.54, 1.807) is 0 Å². The van der Waals surface area contributed by atoms with E-state index in [2.05, 4.69) is 55.4 Å². The molecule has 0 rings (SSSR count). The van der Waals surface area contributed by atoms with Crippen LogP contribution in [-0.2, 0) is 65.4 Å². The molecule has 17 nitrogen and oxygen atoms in total. The number of phosphoric acid groups is 2. The maximum Gasteiger partial charge on any atom is 0.472 e. The van der Waals surface area contributed by atoms with E-state index in [9.17, 15) is 43.2 Å². The highest BCUT2D eigenvalue weighted by molar-refractivity contribution is 7.47. The number of esters is 4. The number of carbonyl (C=O) groups excluding carboxylic acids is 4. The molecule has 0 bridgehead atoms. The third-order valence-electron chi connectivity index (χ3n) is 17.2. The Labute approximate surface area is 543 Å². The second-order valence-corrected chi connectivity index (χ2v) is 29.4. The van der Waals surface area contributed by atoms with Crippen molar-refractivity contribution in [1.82, 2.24) is 0 Å². The van der Waals surface area contributed by atoms with Gasteiger partial charge >= 0.3 is 39.5 Å². The summed E-state index contributed by atoms with van der Waals surface area (Å²) in [7, 11) is -9.90. The number of aliphatic hydroxyl groups excluding tert-OH is 1. The SMILES string of the molecule is CCC(C)CCCCCCCCCCCCC(=O)O[C@H](COC(=O)CCCCCCCCCCC(C)CC)COP(=O)(O)OC[C@@H](O)COP(=O)(O)OC[C@@H](COC(=O)CCCCCCCCC(C)CC)OC(=O)CCCCCCCCCCCCC(C)C. The number of hydrogen-bond acceptors (Lipinski definition) is 15. The first-order valence-corrected chi connectivity index (χ1v) is 39.3. The Morgan fingerprint density at radius 2 is 0.539 bits per heavy atom.